The number of benzene rings is 1. The van der Waals surface area contributed by atoms with Gasteiger partial charge in [-0.1, -0.05) is 18.2 Å². The number of carbonyl (C=O) groups is 1. The van der Waals surface area contributed by atoms with Gasteiger partial charge in [-0.15, -0.1) is 0 Å². The van der Waals surface area contributed by atoms with Crippen molar-refractivity contribution in [2.45, 2.75) is 6.54 Å². The van der Waals surface area contributed by atoms with Crippen LogP contribution in [0.1, 0.15) is 16.1 Å². The number of para-hydroxylation sites is 1. The van der Waals surface area contributed by atoms with Crippen LogP contribution >= 0.6 is 15.9 Å². The summed E-state index contributed by atoms with van der Waals surface area (Å²) < 4.78 is 4.32. The van der Waals surface area contributed by atoms with Gasteiger partial charge in [-0.25, -0.2) is 9.48 Å². The molecule has 0 saturated heterocycles. The van der Waals surface area contributed by atoms with Crippen molar-refractivity contribution in [2.75, 3.05) is 0 Å². The summed E-state index contributed by atoms with van der Waals surface area (Å²) in [5.74, 6) is -0.940. The molecule has 0 fully saturated rings. The Morgan fingerprint density at radius 3 is 2.67 bits per heavy atom. The van der Waals surface area contributed by atoms with Crippen LogP contribution in [0.2, 0.25) is 0 Å². The number of halogens is 1. The highest BCUT2D eigenvalue weighted by Gasteiger charge is 2.10. The van der Waals surface area contributed by atoms with Crippen molar-refractivity contribution >= 4 is 21.9 Å². The average Bonchev–Trinajstić information content (AvgIpc) is 3.08. The molecule has 0 bridgehead atoms. The van der Waals surface area contributed by atoms with Gasteiger partial charge in [0, 0.05) is 12.4 Å². The Hall–Kier alpha value is -2.34. The van der Waals surface area contributed by atoms with Gasteiger partial charge >= 0.3 is 5.97 Å². The van der Waals surface area contributed by atoms with Crippen molar-refractivity contribution in [2.24, 2.45) is 0 Å². The molecule has 106 valence electrons. The number of aromatic nitrogens is 3. The van der Waals surface area contributed by atoms with Gasteiger partial charge in [0.2, 0.25) is 0 Å². The van der Waals surface area contributed by atoms with Crippen LogP contribution in [-0.4, -0.2) is 25.4 Å². The first-order valence-corrected chi connectivity index (χ1v) is 7.12. The SMILES string of the molecule is O=C(O)c1cc(Br)n(Cc2ccn(-c3ccccc3)n2)c1. The van der Waals surface area contributed by atoms with Crippen LogP contribution in [0.25, 0.3) is 5.69 Å². The number of aromatic carboxylic acids is 1. The molecule has 0 aliphatic heterocycles. The Balaban J connectivity index is 1.83. The Morgan fingerprint density at radius 2 is 2.00 bits per heavy atom. The van der Waals surface area contributed by atoms with E-state index in [1.807, 2.05) is 42.6 Å². The Bertz CT molecular complexity index is 777. The zero-order valence-electron chi connectivity index (χ0n) is 11.0. The van der Waals surface area contributed by atoms with Crippen molar-refractivity contribution in [3.05, 3.63) is 70.7 Å². The standard InChI is InChI=1S/C15H12BrN3O2/c16-14-8-11(15(20)21)9-18(14)10-12-6-7-19(17-12)13-4-2-1-3-5-13/h1-9H,10H2,(H,20,21). The minimum absolute atomic E-state index is 0.254. The topological polar surface area (TPSA) is 60.0 Å². The van der Waals surface area contributed by atoms with E-state index in [0.29, 0.717) is 11.1 Å². The lowest BCUT2D eigenvalue weighted by atomic mass is 10.3. The monoisotopic (exact) mass is 345 g/mol. The Labute approximate surface area is 129 Å². The van der Waals surface area contributed by atoms with Crippen LogP contribution in [0.4, 0.5) is 0 Å². The number of carboxylic acid groups (broad SMARTS) is 1. The van der Waals surface area contributed by atoms with E-state index in [-0.39, 0.29) is 5.56 Å². The van der Waals surface area contributed by atoms with Gasteiger partial charge in [-0.3, -0.25) is 0 Å². The van der Waals surface area contributed by atoms with E-state index in [0.717, 1.165) is 11.4 Å². The summed E-state index contributed by atoms with van der Waals surface area (Å²) in [6.45, 7) is 0.508. The summed E-state index contributed by atoms with van der Waals surface area (Å²) in [5.41, 5.74) is 2.10. The number of hydrogen-bond donors (Lipinski definition) is 1. The van der Waals surface area contributed by atoms with E-state index in [9.17, 15) is 4.79 Å². The zero-order chi connectivity index (χ0) is 14.8. The van der Waals surface area contributed by atoms with E-state index in [4.69, 9.17) is 5.11 Å². The largest absolute Gasteiger partial charge is 0.478 e. The molecule has 1 aromatic carbocycles. The van der Waals surface area contributed by atoms with E-state index >= 15 is 0 Å². The molecule has 1 N–H and O–H groups in total. The molecule has 5 nitrogen and oxygen atoms in total. The predicted molar refractivity (Wildman–Crippen MR) is 81.8 cm³/mol. The van der Waals surface area contributed by atoms with Gasteiger partial charge in [0.05, 0.1) is 28.1 Å². The van der Waals surface area contributed by atoms with Gasteiger partial charge in [0.1, 0.15) is 0 Å². The maximum absolute atomic E-state index is 11.0. The highest BCUT2D eigenvalue weighted by Crippen LogP contribution is 2.17. The molecular formula is C15H12BrN3O2. The number of nitrogens with zero attached hydrogens (tertiary/aromatic N) is 3. The normalized spacial score (nSPS) is 10.7. The first kappa shape index (κ1) is 13.6. The van der Waals surface area contributed by atoms with E-state index in [1.165, 1.54) is 0 Å². The maximum Gasteiger partial charge on any atom is 0.337 e. The average molecular weight is 346 g/mol. The molecule has 0 aliphatic carbocycles. The Kier molecular flexibility index (Phi) is 3.62. The third kappa shape index (κ3) is 2.90. The molecule has 0 unspecified atom stereocenters. The second-order valence-corrected chi connectivity index (χ2v) is 5.38. The van der Waals surface area contributed by atoms with Gasteiger partial charge in [-0.2, -0.15) is 5.10 Å². The van der Waals surface area contributed by atoms with Crippen molar-refractivity contribution in [3.8, 4) is 5.69 Å². The van der Waals surface area contributed by atoms with Crippen LogP contribution < -0.4 is 0 Å². The van der Waals surface area contributed by atoms with Crippen molar-refractivity contribution in [1.29, 1.82) is 0 Å². The molecule has 3 aromatic rings. The van der Waals surface area contributed by atoms with Gasteiger partial charge in [0.15, 0.2) is 0 Å². The number of rotatable bonds is 4. The zero-order valence-corrected chi connectivity index (χ0v) is 12.6. The minimum Gasteiger partial charge on any atom is -0.478 e. The molecule has 21 heavy (non-hydrogen) atoms. The molecule has 2 aromatic heterocycles. The van der Waals surface area contributed by atoms with Crippen LogP contribution in [0, 0.1) is 0 Å². The number of hydrogen-bond acceptors (Lipinski definition) is 2. The molecule has 0 aliphatic rings. The smallest absolute Gasteiger partial charge is 0.337 e. The lowest BCUT2D eigenvalue weighted by Gasteiger charge is -2.02. The lowest BCUT2D eigenvalue weighted by molar-refractivity contribution is 0.0697. The Morgan fingerprint density at radius 1 is 1.24 bits per heavy atom. The quantitative estimate of drug-likeness (QED) is 0.789. The lowest BCUT2D eigenvalue weighted by Crippen LogP contribution is -2.02. The molecule has 0 amide bonds. The molecule has 2 heterocycles. The third-order valence-electron chi connectivity index (χ3n) is 3.09. The summed E-state index contributed by atoms with van der Waals surface area (Å²) in [5, 5.41) is 13.5. The number of carboxylic acids is 1. The summed E-state index contributed by atoms with van der Waals surface area (Å²) >= 11 is 3.36. The fourth-order valence-corrected chi connectivity index (χ4v) is 2.54. The third-order valence-corrected chi connectivity index (χ3v) is 3.77. The van der Waals surface area contributed by atoms with Gasteiger partial charge in [0.25, 0.3) is 0 Å². The highest BCUT2D eigenvalue weighted by atomic mass is 79.9. The van der Waals surface area contributed by atoms with E-state index in [1.54, 1.807) is 21.5 Å². The molecule has 0 atom stereocenters. The van der Waals surface area contributed by atoms with Crippen LogP contribution in [0.15, 0.2) is 59.5 Å². The second kappa shape index (κ2) is 5.57. The van der Waals surface area contributed by atoms with E-state index < -0.39 is 5.97 Å². The van der Waals surface area contributed by atoms with Crippen molar-refractivity contribution in [3.63, 3.8) is 0 Å². The summed E-state index contributed by atoms with van der Waals surface area (Å²) in [6, 6.07) is 13.3. The first-order valence-electron chi connectivity index (χ1n) is 6.32. The summed E-state index contributed by atoms with van der Waals surface area (Å²) in [6.07, 6.45) is 3.48. The summed E-state index contributed by atoms with van der Waals surface area (Å²) in [7, 11) is 0. The maximum atomic E-state index is 11.0. The fraction of sp³-hybridized carbons (Fsp3) is 0.0667. The van der Waals surface area contributed by atoms with Crippen LogP contribution in [-0.2, 0) is 6.54 Å². The second-order valence-electron chi connectivity index (χ2n) is 4.57. The molecule has 0 spiro atoms. The summed E-state index contributed by atoms with van der Waals surface area (Å²) in [4.78, 5) is 11.0. The molecular weight excluding hydrogens is 334 g/mol. The van der Waals surface area contributed by atoms with Crippen molar-refractivity contribution in [1.82, 2.24) is 14.3 Å². The van der Waals surface area contributed by atoms with Gasteiger partial charge < -0.3 is 9.67 Å². The van der Waals surface area contributed by atoms with Crippen LogP contribution in [0.3, 0.4) is 0 Å². The molecule has 6 heteroatoms. The fourth-order valence-electron chi connectivity index (χ4n) is 2.06. The minimum atomic E-state index is -0.940. The first-order chi connectivity index (χ1) is 10.1. The van der Waals surface area contributed by atoms with Crippen molar-refractivity contribution < 1.29 is 9.90 Å². The van der Waals surface area contributed by atoms with Crippen LogP contribution in [0.5, 0.6) is 0 Å². The molecule has 3 rings (SSSR count). The van der Waals surface area contributed by atoms with E-state index in [2.05, 4.69) is 21.0 Å². The van der Waals surface area contributed by atoms with Gasteiger partial charge in [-0.05, 0) is 40.2 Å². The molecule has 0 radical (unpaired) electrons. The predicted octanol–water partition coefficient (Wildman–Crippen LogP) is 3.18. The molecule has 0 saturated carbocycles. The highest BCUT2D eigenvalue weighted by molar-refractivity contribution is 9.10.